The molecule has 6 nitrogen and oxygen atoms in total. The van der Waals surface area contributed by atoms with Gasteiger partial charge in [0.05, 0.1) is 14.2 Å². The first kappa shape index (κ1) is 20.7. The molecular formula is C23H28N2O4. The molecule has 2 N–H and O–H groups in total. The predicted octanol–water partition coefficient (Wildman–Crippen LogP) is 4.15. The Kier molecular flexibility index (Phi) is 7.11. The fourth-order valence-electron chi connectivity index (χ4n) is 3.60. The first-order chi connectivity index (χ1) is 14.1. The molecule has 0 aromatic heterocycles. The smallest absolute Gasteiger partial charge is 0.251 e. The molecule has 0 bridgehead atoms. The molecule has 6 heteroatoms. The number of ether oxygens (including phenoxy) is 2. The van der Waals surface area contributed by atoms with Gasteiger partial charge in [-0.25, -0.2) is 0 Å². The molecule has 3 rings (SSSR count). The molecule has 2 amide bonds. The normalized spacial score (nSPS) is 14.1. The molecule has 2 aromatic carbocycles. The Morgan fingerprint density at radius 2 is 1.66 bits per heavy atom. The number of hydrogen-bond donors (Lipinski definition) is 2. The average molecular weight is 396 g/mol. The summed E-state index contributed by atoms with van der Waals surface area (Å²) in [5.74, 6) is 1.25. The van der Waals surface area contributed by atoms with Crippen molar-refractivity contribution >= 4 is 17.5 Å². The molecule has 0 radical (unpaired) electrons. The van der Waals surface area contributed by atoms with Gasteiger partial charge in [0.25, 0.3) is 5.91 Å². The SMILES string of the molecule is COc1cc(CNC(=O)c2cccc(NC(=O)C3CCCCC3)c2)cc(OC)c1. The number of rotatable bonds is 7. The minimum atomic E-state index is -0.208. The largest absolute Gasteiger partial charge is 0.497 e. The van der Waals surface area contributed by atoms with Gasteiger partial charge in [-0.1, -0.05) is 25.3 Å². The monoisotopic (exact) mass is 396 g/mol. The topological polar surface area (TPSA) is 76.7 Å². The van der Waals surface area contributed by atoms with Gasteiger partial charge in [-0.3, -0.25) is 9.59 Å². The Balaban J connectivity index is 1.61. The van der Waals surface area contributed by atoms with E-state index in [1.807, 2.05) is 18.2 Å². The molecule has 1 saturated carbocycles. The molecule has 0 atom stereocenters. The summed E-state index contributed by atoms with van der Waals surface area (Å²) in [4.78, 5) is 25.0. The summed E-state index contributed by atoms with van der Waals surface area (Å²) in [5.41, 5.74) is 2.02. The molecule has 1 aliphatic rings. The molecule has 154 valence electrons. The lowest BCUT2D eigenvalue weighted by molar-refractivity contribution is -0.120. The van der Waals surface area contributed by atoms with Crippen molar-refractivity contribution in [2.75, 3.05) is 19.5 Å². The zero-order chi connectivity index (χ0) is 20.6. The van der Waals surface area contributed by atoms with Crippen LogP contribution >= 0.6 is 0 Å². The van der Waals surface area contributed by atoms with E-state index in [9.17, 15) is 9.59 Å². The first-order valence-corrected chi connectivity index (χ1v) is 10.00. The van der Waals surface area contributed by atoms with Crippen molar-refractivity contribution < 1.29 is 19.1 Å². The van der Waals surface area contributed by atoms with Crippen LogP contribution in [0.3, 0.4) is 0 Å². The second-order valence-corrected chi connectivity index (χ2v) is 7.31. The van der Waals surface area contributed by atoms with Crippen molar-refractivity contribution in [3.05, 3.63) is 53.6 Å². The number of amides is 2. The Morgan fingerprint density at radius 3 is 2.31 bits per heavy atom. The lowest BCUT2D eigenvalue weighted by Gasteiger charge is -2.20. The minimum Gasteiger partial charge on any atom is -0.497 e. The molecule has 0 aliphatic heterocycles. The lowest BCUT2D eigenvalue weighted by Crippen LogP contribution is -2.25. The van der Waals surface area contributed by atoms with Crippen molar-refractivity contribution in [3.8, 4) is 11.5 Å². The summed E-state index contributed by atoms with van der Waals surface area (Å²) >= 11 is 0. The van der Waals surface area contributed by atoms with Gasteiger partial charge < -0.3 is 20.1 Å². The van der Waals surface area contributed by atoms with Crippen molar-refractivity contribution in [1.29, 1.82) is 0 Å². The van der Waals surface area contributed by atoms with Crippen LogP contribution in [0.1, 0.15) is 48.0 Å². The van der Waals surface area contributed by atoms with E-state index >= 15 is 0 Å². The standard InChI is InChI=1S/C23H28N2O4/c1-28-20-11-16(12-21(14-20)29-2)15-24-22(26)18-9-6-10-19(13-18)25-23(27)17-7-4-3-5-8-17/h6,9-14,17H,3-5,7-8,15H2,1-2H3,(H,24,26)(H,25,27). The van der Waals surface area contributed by atoms with E-state index in [1.54, 1.807) is 38.5 Å². The molecule has 2 aromatic rings. The highest BCUT2D eigenvalue weighted by Crippen LogP contribution is 2.25. The first-order valence-electron chi connectivity index (χ1n) is 10.00. The molecule has 29 heavy (non-hydrogen) atoms. The summed E-state index contributed by atoms with van der Waals surface area (Å²) < 4.78 is 10.5. The Labute approximate surface area is 171 Å². The third-order valence-corrected chi connectivity index (χ3v) is 5.23. The van der Waals surface area contributed by atoms with Crippen LogP contribution in [0.2, 0.25) is 0 Å². The molecule has 0 unspecified atom stereocenters. The van der Waals surface area contributed by atoms with Crippen LogP contribution in [0.5, 0.6) is 11.5 Å². The number of methoxy groups -OCH3 is 2. The van der Waals surface area contributed by atoms with Crippen LogP contribution in [0.15, 0.2) is 42.5 Å². The molecule has 1 fully saturated rings. The van der Waals surface area contributed by atoms with Gasteiger partial charge in [0.2, 0.25) is 5.91 Å². The number of hydrogen-bond acceptors (Lipinski definition) is 4. The van der Waals surface area contributed by atoms with Gasteiger partial charge in [-0.15, -0.1) is 0 Å². The third-order valence-electron chi connectivity index (χ3n) is 5.23. The van der Waals surface area contributed by atoms with E-state index < -0.39 is 0 Å². The molecule has 0 saturated heterocycles. The number of anilines is 1. The van der Waals surface area contributed by atoms with E-state index in [0.717, 1.165) is 31.2 Å². The zero-order valence-electron chi connectivity index (χ0n) is 17.0. The van der Waals surface area contributed by atoms with Crippen molar-refractivity contribution in [1.82, 2.24) is 5.32 Å². The average Bonchev–Trinajstić information content (AvgIpc) is 2.77. The minimum absolute atomic E-state index is 0.0470. The van der Waals surface area contributed by atoms with E-state index in [-0.39, 0.29) is 17.7 Å². The van der Waals surface area contributed by atoms with Crippen LogP contribution in [0.25, 0.3) is 0 Å². The highest BCUT2D eigenvalue weighted by Gasteiger charge is 2.21. The van der Waals surface area contributed by atoms with Crippen molar-refractivity contribution in [3.63, 3.8) is 0 Å². The summed E-state index contributed by atoms with van der Waals surface area (Å²) in [6.45, 7) is 0.338. The van der Waals surface area contributed by atoms with Gasteiger partial charge in [0.15, 0.2) is 0 Å². The highest BCUT2D eigenvalue weighted by atomic mass is 16.5. The summed E-state index contributed by atoms with van der Waals surface area (Å²) in [6, 6.07) is 12.5. The number of carbonyl (C=O) groups is 2. The third kappa shape index (κ3) is 5.73. The summed E-state index contributed by atoms with van der Waals surface area (Å²) in [7, 11) is 3.18. The molecule has 1 aliphatic carbocycles. The maximum atomic E-state index is 12.6. The Bertz CT molecular complexity index is 837. The van der Waals surface area contributed by atoms with E-state index in [1.165, 1.54) is 6.42 Å². The van der Waals surface area contributed by atoms with E-state index in [4.69, 9.17) is 9.47 Å². The number of nitrogens with one attached hydrogen (secondary N) is 2. The maximum absolute atomic E-state index is 12.6. The van der Waals surface area contributed by atoms with Gasteiger partial charge in [0, 0.05) is 29.8 Å². The summed E-state index contributed by atoms with van der Waals surface area (Å²) in [5, 5.41) is 5.86. The van der Waals surface area contributed by atoms with Crippen LogP contribution in [-0.2, 0) is 11.3 Å². The van der Waals surface area contributed by atoms with E-state index in [2.05, 4.69) is 10.6 Å². The van der Waals surface area contributed by atoms with Gasteiger partial charge in [-0.05, 0) is 48.7 Å². The molecule has 0 spiro atoms. The quantitative estimate of drug-likeness (QED) is 0.737. The van der Waals surface area contributed by atoms with Gasteiger partial charge in [0.1, 0.15) is 11.5 Å². The Hall–Kier alpha value is -3.02. The second-order valence-electron chi connectivity index (χ2n) is 7.31. The van der Waals surface area contributed by atoms with E-state index in [0.29, 0.717) is 29.3 Å². The van der Waals surface area contributed by atoms with Gasteiger partial charge >= 0.3 is 0 Å². The summed E-state index contributed by atoms with van der Waals surface area (Å²) in [6.07, 6.45) is 5.30. The van der Waals surface area contributed by atoms with Crippen molar-refractivity contribution in [2.45, 2.75) is 38.6 Å². The van der Waals surface area contributed by atoms with Crippen LogP contribution in [-0.4, -0.2) is 26.0 Å². The maximum Gasteiger partial charge on any atom is 0.251 e. The highest BCUT2D eigenvalue weighted by molar-refractivity contribution is 5.97. The number of benzene rings is 2. The predicted molar refractivity (Wildman–Crippen MR) is 112 cm³/mol. The molecule has 0 heterocycles. The lowest BCUT2D eigenvalue weighted by atomic mass is 9.88. The zero-order valence-corrected chi connectivity index (χ0v) is 17.0. The van der Waals surface area contributed by atoms with Crippen LogP contribution in [0, 0.1) is 5.92 Å². The fourth-order valence-corrected chi connectivity index (χ4v) is 3.60. The second kappa shape index (κ2) is 9.96. The van der Waals surface area contributed by atoms with Crippen LogP contribution in [0.4, 0.5) is 5.69 Å². The van der Waals surface area contributed by atoms with Crippen LogP contribution < -0.4 is 20.1 Å². The van der Waals surface area contributed by atoms with Gasteiger partial charge in [-0.2, -0.15) is 0 Å². The Morgan fingerprint density at radius 1 is 0.966 bits per heavy atom. The number of carbonyl (C=O) groups excluding carboxylic acids is 2. The van der Waals surface area contributed by atoms with Crippen molar-refractivity contribution in [2.24, 2.45) is 5.92 Å². The molecular weight excluding hydrogens is 368 g/mol. The fraction of sp³-hybridized carbons (Fsp3) is 0.391.